The lowest BCUT2D eigenvalue weighted by atomic mass is 10.0. The Morgan fingerprint density at radius 3 is 1.97 bits per heavy atom. The van der Waals surface area contributed by atoms with Crippen molar-refractivity contribution in [3.63, 3.8) is 0 Å². The number of unbranched alkanes of at least 4 members (excludes halogenated alkanes) is 1. The zero-order valence-corrected chi connectivity index (χ0v) is 18.6. The molecule has 3 aromatic rings. The van der Waals surface area contributed by atoms with Crippen molar-refractivity contribution >= 4 is 0 Å². The summed E-state index contributed by atoms with van der Waals surface area (Å²) in [7, 11) is 0. The molecule has 3 nitrogen and oxygen atoms in total. The van der Waals surface area contributed by atoms with Crippen LogP contribution in [0.2, 0.25) is 0 Å². The number of nitrogens with one attached hydrogen (secondary N) is 1. The van der Waals surface area contributed by atoms with Crippen molar-refractivity contribution in [2.75, 3.05) is 6.61 Å². The Balaban J connectivity index is 1.48. The minimum atomic E-state index is 0.0617. The molecule has 3 rings (SSSR count). The van der Waals surface area contributed by atoms with E-state index < -0.39 is 0 Å². The van der Waals surface area contributed by atoms with Gasteiger partial charge in [0.05, 0.1) is 12.6 Å². The average molecular weight is 418 g/mol. The number of rotatable bonds is 14. The van der Waals surface area contributed by atoms with Gasteiger partial charge >= 0.3 is 0 Å². The summed E-state index contributed by atoms with van der Waals surface area (Å²) in [6.45, 7) is 3.66. The van der Waals surface area contributed by atoms with Gasteiger partial charge in [-0.1, -0.05) is 104 Å². The predicted molar refractivity (Wildman–Crippen MR) is 127 cm³/mol. The molecular weight excluding hydrogens is 382 g/mol. The van der Waals surface area contributed by atoms with E-state index in [-0.39, 0.29) is 12.1 Å². The van der Waals surface area contributed by atoms with Crippen molar-refractivity contribution in [2.45, 2.75) is 57.8 Å². The maximum atomic E-state index is 6.24. The van der Waals surface area contributed by atoms with E-state index in [1.54, 1.807) is 0 Å². The summed E-state index contributed by atoms with van der Waals surface area (Å²) in [6, 6.07) is 31.6. The van der Waals surface area contributed by atoms with Gasteiger partial charge in [0.1, 0.15) is 6.10 Å². The van der Waals surface area contributed by atoms with Gasteiger partial charge in [0.25, 0.3) is 0 Å². The number of benzene rings is 3. The Labute approximate surface area is 187 Å². The van der Waals surface area contributed by atoms with Gasteiger partial charge in [-0.15, -0.1) is 0 Å². The number of hydrogen-bond donors (Lipinski definition) is 1. The normalized spacial score (nSPS) is 13.1. The van der Waals surface area contributed by atoms with Gasteiger partial charge in [-0.05, 0) is 42.4 Å². The molecule has 164 valence electrons. The molecule has 0 aliphatic rings. The first-order valence-corrected chi connectivity index (χ1v) is 11.5. The Hall–Kier alpha value is -2.46. The summed E-state index contributed by atoms with van der Waals surface area (Å²) in [4.78, 5) is 6.24. The van der Waals surface area contributed by atoms with Crippen molar-refractivity contribution < 1.29 is 9.57 Å². The van der Waals surface area contributed by atoms with Crippen LogP contribution in [0.15, 0.2) is 91.0 Å². The van der Waals surface area contributed by atoms with Crippen molar-refractivity contribution in [2.24, 2.45) is 0 Å². The van der Waals surface area contributed by atoms with Crippen LogP contribution < -0.4 is 5.48 Å². The summed E-state index contributed by atoms with van der Waals surface area (Å²) < 4.78 is 5.84. The lowest BCUT2D eigenvalue weighted by Crippen LogP contribution is -2.24. The topological polar surface area (TPSA) is 30.5 Å². The molecular formula is C28H35NO2. The molecule has 0 aromatic heterocycles. The maximum Gasteiger partial charge on any atom is 0.104 e. The molecule has 0 radical (unpaired) electrons. The third-order valence-electron chi connectivity index (χ3n) is 5.42. The van der Waals surface area contributed by atoms with Gasteiger partial charge in [0.15, 0.2) is 0 Å². The first-order valence-electron chi connectivity index (χ1n) is 11.5. The van der Waals surface area contributed by atoms with Crippen LogP contribution in [0, 0.1) is 0 Å². The van der Waals surface area contributed by atoms with E-state index in [4.69, 9.17) is 9.57 Å². The SMILES string of the molecule is CCC[C@@H](ONC(CCCCOCc1ccccc1)c1ccccc1)c1ccccc1. The molecule has 1 N–H and O–H groups in total. The summed E-state index contributed by atoms with van der Waals surface area (Å²) in [6.07, 6.45) is 5.25. The standard InChI is InChI=1S/C28H35NO2/c1-2-14-28(26-19-10-5-11-20-26)31-29-27(25-17-8-4-9-18-25)21-12-13-22-30-23-24-15-6-3-7-16-24/h3-11,15-20,27-29H,2,12-14,21-23H2,1H3/t27?,28-/m1/s1. The second kappa shape index (κ2) is 13.8. The highest BCUT2D eigenvalue weighted by molar-refractivity contribution is 5.19. The van der Waals surface area contributed by atoms with Crippen LogP contribution in [-0.2, 0) is 16.2 Å². The van der Waals surface area contributed by atoms with Crippen LogP contribution in [0.3, 0.4) is 0 Å². The lowest BCUT2D eigenvalue weighted by Gasteiger charge is -2.24. The Morgan fingerprint density at radius 2 is 1.32 bits per heavy atom. The number of hydroxylamine groups is 1. The van der Waals surface area contributed by atoms with Crippen molar-refractivity contribution in [3.8, 4) is 0 Å². The highest BCUT2D eigenvalue weighted by Crippen LogP contribution is 2.25. The zero-order valence-electron chi connectivity index (χ0n) is 18.6. The Bertz CT molecular complexity index is 823. The van der Waals surface area contributed by atoms with Crippen LogP contribution in [0.1, 0.15) is 67.9 Å². The highest BCUT2D eigenvalue weighted by atomic mass is 16.7. The van der Waals surface area contributed by atoms with Crippen LogP contribution in [0.25, 0.3) is 0 Å². The summed E-state index contributed by atoms with van der Waals surface area (Å²) >= 11 is 0. The fraction of sp³-hybridized carbons (Fsp3) is 0.357. The monoisotopic (exact) mass is 417 g/mol. The molecule has 0 spiro atoms. The average Bonchev–Trinajstić information content (AvgIpc) is 2.84. The van der Waals surface area contributed by atoms with Crippen LogP contribution in [-0.4, -0.2) is 6.61 Å². The molecule has 0 bridgehead atoms. The molecule has 0 aliphatic heterocycles. The van der Waals surface area contributed by atoms with Gasteiger partial charge in [0, 0.05) is 6.61 Å². The molecule has 3 heteroatoms. The smallest absolute Gasteiger partial charge is 0.104 e. The van der Waals surface area contributed by atoms with E-state index >= 15 is 0 Å². The number of hydrogen-bond acceptors (Lipinski definition) is 3. The van der Waals surface area contributed by atoms with E-state index in [2.05, 4.69) is 91.3 Å². The molecule has 31 heavy (non-hydrogen) atoms. The fourth-order valence-corrected chi connectivity index (χ4v) is 3.68. The highest BCUT2D eigenvalue weighted by Gasteiger charge is 2.16. The molecule has 1 unspecified atom stereocenters. The first kappa shape index (κ1) is 23.2. The van der Waals surface area contributed by atoms with Gasteiger partial charge in [-0.2, -0.15) is 5.48 Å². The molecule has 3 aromatic carbocycles. The third kappa shape index (κ3) is 8.29. The molecule has 2 atom stereocenters. The third-order valence-corrected chi connectivity index (χ3v) is 5.42. The van der Waals surface area contributed by atoms with E-state index in [9.17, 15) is 0 Å². The summed E-state index contributed by atoms with van der Waals surface area (Å²) in [5.74, 6) is 0. The van der Waals surface area contributed by atoms with Gasteiger partial charge in [-0.3, -0.25) is 4.84 Å². The summed E-state index contributed by atoms with van der Waals surface area (Å²) in [5, 5.41) is 0. The van der Waals surface area contributed by atoms with Crippen molar-refractivity contribution in [1.82, 2.24) is 5.48 Å². The molecule has 0 saturated carbocycles. The quantitative estimate of drug-likeness (QED) is 0.223. The number of ether oxygens (including phenoxy) is 1. The van der Waals surface area contributed by atoms with Gasteiger partial charge < -0.3 is 4.74 Å². The van der Waals surface area contributed by atoms with Crippen molar-refractivity contribution in [3.05, 3.63) is 108 Å². The Kier molecular flexibility index (Phi) is 10.3. The second-order valence-corrected chi connectivity index (χ2v) is 7.92. The van der Waals surface area contributed by atoms with Crippen molar-refractivity contribution in [1.29, 1.82) is 0 Å². The van der Waals surface area contributed by atoms with E-state index in [0.717, 1.165) is 38.7 Å². The maximum absolute atomic E-state index is 6.24. The van der Waals surface area contributed by atoms with E-state index in [1.807, 2.05) is 12.1 Å². The largest absolute Gasteiger partial charge is 0.377 e. The second-order valence-electron chi connectivity index (χ2n) is 7.92. The lowest BCUT2D eigenvalue weighted by molar-refractivity contribution is -0.0527. The van der Waals surface area contributed by atoms with Crippen LogP contribution in [0.4, 0.5) is 0 Å². The molecule has 0 saturated heterocycles. The Morgan fingerprint density at radius 1 is 0.710 bits per heavy atom. The van der Waals surface area contributed by atoms with E-state index in [1.165, 1.54) is 16.7 Å². The minimum Gasteiger partial charge on any atom is -0.377 e. The van der Waals surface area contributed by atoms with Crippen LogP contribution in [0.5, 0.6) is 0 Å². The minimum absolute atomic E-state index is 0.0617. The van der Waals surface area contributed by atoms with Gasteiger partial charge in [-0.25, -0.2) is 0 Å². The fourth-order valence-electron chi connectivity index (χ4n) is 3.68. The molecule has 0 heterocycles. The summed E-state index contributed by atoms with van der Waals surface area (Å²) in [5.41, 5.74) is 7.10. The zero-order chi connectivity index (χ0) is 21.6. The first-order chi connectivity index (χ1) is 15.4. The molecule has 0 aliphatic carbocycles. The van der Waals surface area contributed by atoms with E-state index in [0.29, 0.717) is 6.61 Å². The molecule has 0 fully saturated rings. The van der Waals surface area contributed by atoms with Crippen LogP contribution >= 0.6 is 0 Å². The van der Waals surface area contributed by atoms with Gasteiger partial charge in [0.2, 0.25) is 0 Å². The predicted octanol–water partition coefficient (Wildman–Crippen LogP) is 7.18. The molecule has 0 amide bonds.